The van der Waals surface area contributed by atoms with E-state index in [-0.39, 0.29) is 12.3 Å². The highest BCUT2D eigenvalue weighted by atomic mass is 16.5. The van der Waals surface area contributed by atoms with Crippen molar-refractivity contribution in [3.05, 3.63) is 60.2 Å². The summed E-state index contributed by atoms with van der Waals surface area (Å²) in [5, 5.41) is 6.77. The highest BCUT2D eigenvalue weighted by Gasteiger charge is 2.11. The Balaban J connectivity index is 1.57. The maximum Gasteiger partial charge on any atom is 0.227 e. The number of anilines is 1. The first kappa shape index (κ1) is 16.8. The zero-order valence-electron chi connectivity index (χ0n) is 14.3. The van der Waals surface area contributed by atoms with Crippen LogP contribution in [0.15, 0.2) is 53.3 Å². The van der Waals surface area contributed by atoms with Crippen LogP contribution in [0.25, 0.3) is 11.4 Å². The van der Waals surface area contributed by atoms with Gasteiger partial charge in [-0.3, -0.25) is 9.78 Å². The molecule has 6 nitrogen and oxygen atoms in total. The van der Waals surface area contributed by atoms with E-state index < -0.39 is 0 Å². The molecule has 0 spiro atoms. The number of carbonyl (C=O) groups is 1. The molecule has 3 rings (SSSR count). The fourth-order valence-corrected chi connectivity index (χ4v) is 2.37. The Bertz CT molecular complexity index is 826. The topological polar surface area (TPSA) is 80.9 Å². The molecule has 1 N–H and O–H groups in total. The van der Waals surface area contributed by atoms with Crippen LogP contribution in [-0.4, -0.2) is 21.0 Å². The van der Waals surface area contributed by atoms with Crippen LogP contribution in [0.1, 0.15) is 37.6 Å². The number of carbonyl (C=O) groups excluding carboxylic acids is 1. The Morgan fingerprint density at radius 1 is 1.20 bits per heavy atom. The Hall–Kier alpha value is -3.02. The molecule has 3 aromatic rings. The number of benzene rings is 1. The van der Waals surface area contributed by atoms with Crippen LogP contribution >= 0.6 is 0 Å². The Morgan fingerprint density at radius 2 is 2.00 bits per heavy atom. The van der Waals surface area contributed by atoms with Crippen molar-refractivity contribution in [2.24, 2.45) is 0 Å². The molecule has 1 aromatic carbocycles. The molecule has 6 heteroatoms. The second-order valence-electron chi connectivity index (χ2n) is 6.08. The molecule has 0 unspecified atom stereocenters. The van der Waals surface area contributed by atoms with Gasteiger partial charge in [0.1, 0.15) is 0 Å². The van der Waals surface area contributed by atoms with Gasteiger partial charge in [0, 0.05) is 24.6 Å². The summed E-state index contributed by atoms with van der Waals surface area (Å²) < 4.78 is 5.24. The van der Waals surface area contributed by atoms with E-state index in [4.69, 9.17) is 4.52 Å². The van der Waals surface area contributed by atoms with Gasteiger partial charge in [-0.1, -0.05) is 43.3 Å². The van der Waals surface area contributed by atoms with E-state index in [1.165, 1.54) is 5.56 Å². The van der Waals surface area contributed by atoms with E-state index in [0.717, 1.165) is 5.56 Å². The summed E-state index contributed by atoms with van der Waals surface area (Å²) in [7, 11) is 0. The second kappa shape index (κ2) is 7.70. The van der Waals surface area contributed by atoms with E-state index in [1.54, 1.807) is 24.5 Å². The summed E-state index contributed by atoms with van der Waals surface area (Å²) in [6.07, 6.45) is 3.92. The lowest BCUT2D eigenvalue weighted by Crippen LogP contribution is -2.12. The lowest BCUT2D eigenvalue weighted by molar-refractivity contribution is -0.116. The third-order valence-corrected chi connectivity index (χ3v) is 3.81. The standard InChI is InChI=1S/C19H20N4O2/c1-13(2)14-5-7-15(8-6-14)19-22-18(25-23-19)10-9-17(24)21-16-4-3-11-20-12-16/h3-8,11-13H,9-10H2,1-2H3,(H,21,24). The molecule has 0 aliphatic rings. The molecular weight excluding hydrogens is 316 g/mol. The Kier molecular flexibility index (Phi) is 5.18. The normalized spacial score (nSPS) is 10.8. The lowest BCUT2D eigenvalue weighted by atomic mass is 10.0. The highest BCUT2D eigenvalue weighted by molar-refractivity contribution is 5.90. The van der Waals surface area contributed by atoms with E-state index in [9.17, 15) is 4.79 Å². The minimum absolute atomic E-state index is 0.117. The van der Waals surface area contributed by atoms with E-state index in [0.29, 0.717) is 29.7 Å². The summed E-state index contributed by atoms with van der Waals surface area (Å²) in [4.78, 5) is 20.3. The number of rotatable bonds is 6. The van der Waals surface area contributed by atoms with Crippen molar-refractivity contribution in [2.75, 3.05) is 5.32 Å². The minimum atomic E-state index is -0.117. The van der Waals surface area contributed by atoms with E-state index in [1.807, 2.05) is 12.1 Å². The molecule has 0 fully saturated rings. The van der Waals surface area contributed by atoms with Gasteiger partial charge in [-0.25, -0.2) is 0 Å². The molecule has 0 atom stereocenters. The van der Waals surface area contributed by atoms with Gasteiger partial charge in [0.15, 0.2) is 0 Å². The molecular formula is C19H20N4O2. The molecule has 0 saturated heterocycles. The summed E-state index contributed by atoms with van der Waals surface area (Å²) in [5.74, 6) is 1.35. The van der Waals surface area contributed by atoms with Crippen molar-refractivity contribution in [1.82, 2.24) is 15.1 Å². The number of pyridine rings is 1. The maximum atomic E-state index is 11.9. The average molecular weight is 336 g/mol. The lowest BCUT2D eigenvalue weighted by Gasteiger charge is -2.04. The molecule has 0 aliphatic carbocycles. The largest absolute Gasteiger partial charge is 0.339 e. The van der Waals surface area contributed by atoms with Crippen LogP contribution in [0.2, 0.25) is 0 Å². The first-order valence-corrected chi connectivity index (χ1v) is 8.24. The zero-order valence-corrected chi connectivity index (χ0v) is 14.3. The number of nitrogens with one attached hydrogen (secondary N) is 1. The maximum absolute atomic E-state index is 11.9. The van der Waals surface area contributed by atoms with Gasteiger partial charge in [0.25, 0.3) is 0 Å². The fourth-order valence-electron chi connectivity index (χ4n) is 2.37. The van der Waals surface area contributed by atoms with Gasteiger partial charge in [-0.15, -0.1) is 0 Å². The number of aryl methyl sites for hydroxylation is 1. The van der Waals surface area contributed by atoms with E-state index >= 15 is 0 Å². The third-order valence-electron chi connectivity index (χ3n) is 3.81. The molecule has 0 aliphatic heterocycles. The molecule has 128 valence electrons. The van der Waals surface area contributed by atoms with Gasteiger partial charge < -0.3 is 9.84 Å². The van der Waals surface area contributed by atoms with Crippen LogP contribution in [0.3, 0.4) is 0 Å². The van der Waals surface area contributed by atoms with Crippen LogP contribution < -0.4 is 5.32 Å². The zero-order chi connectivity index (χ0) is 17.6. The molecule has 1 amide bonds. The fraction of sp³-hybridized carbons (Fsp3) is 0.263. The molecule has 0 saturated carbocycles. The first-order valence-electron chi connectivity index (χ1n) is 8.24. The summed E-state index contributed by atoms with van der Waals surface area (Å²) >= 11 is 0. The molecule has 2 aromatic heterocycles. The van der Waals surface area contributed by atoms with Crippen molar-refractivity contribution in [3.8, 4) is 11.4 Å². The highest BCUT2D eigenvalue weighted by Crippen LogP contribution is 2.20. The van der Waals surface area contributed by atoms with Crippen LogP contribution in [0.4, 0.5) is 5.69 Å². The van der Waals surface area contributed by atoms with Crippen molar-refractivity contribution >= 4 is 11.6 Å². The number of hydrogen-bond donors (Lipinski definition) is 1. The molecule has 0 radical (unpaired) electrons. The SMILES string of the molecule is CC(C)c1ccc(-c2noc(CCC(=O)Nc3cccnc3)n2)cc1. The number of hydrogen-bond acceptors (Lipinski definition) is 5. The Labute approximate surface area is 146 Å². The number of amides is 1. The summed E-state index contributed by atoms with van der Waals surface area (Å²) in [5.41, 5.74) is 2.84. The molecule has 2 heterocycles. The molecule has 25 heavy (non-hydrogen) atoms. The summed E-state index contributed by atoms with van der Waals surface area (Å²) in [6.45, 7) is 4.30. The number of aromatic nitrogens is 3. The van der Waals surface area contributed by atoms with Gasteiger partial charge in [-0.05, 0) is 23.6 Å². The third kappa shape index (κ3) is 4.50. The van der Waals surface area contributed by atoms with Gasteiger partial charge >= 0.3 is 0 Å². The van der Waals surface area contributed by atoms with Crippen LogP contribution in [0.5, 0.6) is 0 Å². The number of nitrogens with zero attached hydrogens (tertiary/aromatic N) is 3. The van der Waals surface area contributed by atoms with Crippen LogP contribution in [-0.2, 0) is 11.2 Å². The van der Waals surface area contributed by atoms with Gasteiger partial charge in [0.2, 0.25) is 17.6 Å². The quantitative estimate of drug-likeness (QED) is 0.740. The molecule has 0 bridgehead atoms. The van der Waals surface area contributed by atoms with Crippen molar-refractivity contribution in [1.29, 1.82) is 0 Å². The summed E-state index contributed by atoms with van der Waals surface area (Å²) in [6, 6.07) is 11.7. The first-order chi connectivity index (χ1) is 12.1. The van der Waals surface area contributed by atoms with E-state index in [2.05, 4.69) is 46.4 Å². The van der Waals surface area contributed by atoms with Crippen molar-refractivity contribution < 1.29 is 9.32 Å². The predicted molar refractivity (Wildman–Crippen MR) is 95.0 cm³/mol. The minimum Gasteiger partial charge on any atom is -0.339 e. The average Bonchev–Trinajstić information content (AvgIpc) is 3.10. The van der Waals surface area contributed by atoms with Gasteiger partial charge in [-0.2, -0.15) is 4.98 Å². The van der Waals surface area contributed by atoms with Crippen molar-refractivity contribution in [2.45, 2.75) is 32.6 Å². The van der Waals surface area contributed by atoms with Gasteiger partial charge in [0.05, 0.1) is 11.9 Å². The monoisotopic (exact) mass is 336 g/mol. The van der Waals surface area contributed by atoms with Crippen molar-refractivity contribution in [3.63, 3.8) is 0 Å². The second-order valence-corrected chi connectivity index (χ2v) is 6.08. The van der Waals surface area contributed by atoms with Crippen LogP contribution in [0, 0.1) is 0 Å². The Morgan fingerprint density at radius 3 is 2.68 bits per heavy atom. The predicted octanol–water partition coefficient (Wildman–Crippen LogP) is 3.83. The smallest absolute Gasteiger partial charge is 0.227 e.